The van der Waals surface area contributed by atoms with Gasteiger partial charge in [-0.1, -0.05) is 29.8 Å². The maximum absolute atomic E-state index is 11.8. The number of nitrogens with zero attached hydrogens (tertiary/aromatic N) is 3. The summed E-state index contributed by atoms with van der Waals surface area (Å²) in [5, 5.41) is 7.62. The van der Waals surface area contributed by atoms with Crippen molar-refractivity contribution >= 4 is 33.3 Å². The van der Waals surface area contributed by atoms with Gasteiger partial charge in [0.2, 0.25) is 0 Å². The van der Waals surface area contributed by atoms with Crippen LogP contribution >= 0.6 is 11.3 Å². The zero-order valence-corrected chi connectivity index (χ0v) is 17.8. The van der Waals surface area contributed by atoms with Gasteiger partial charge in [0.05, 0.1) is 28.9 Å². The van der Waals surface area contributed by atoms with Crippen LogP contribution in [0, 0.1) is 20.8 Å². The molecule has 5 nitrogen and oxygen atoms in total. The lowest BCUT2D eigenvalue weighted by Gasteiger charge is -2.10. The molecular formula is C21H23N3O2S2. The molecule has 146 valence electrons. The van der Waals surface area contributed by atoms with Gasteiger partial charge in [-0.25, -0.2) is 13.4 Å². The highest BCUT2D eigenvalue weighted by molar-refractivity contribution is 7.91. The Balaban J connectivity index is 1.56. The molecule has 0 spiro atoms. The van der Waals surface area contributed by atoms with E-state index < -0.39 is 9.84 Å². The Hall–Kier alpha value is -2.25. The molecule has 2 aromatic heterocycles. The first-order valence-corrected chi connectivity index (χ1v) is 12.0. The molecular weight excluding hydrogens is 390 g/mol. The zero-order chi connectivity index (χ0) is 19.9. The second-order valence-corrected chi connectivity index (χ2v) is 10.5. The Labute approximate surface area is 169 Å². The van der Waals surface area contributed by atoms with E-state index in [2.05, 4.69) is 41.7 Å². The molecule has 0 unspecified atom stereocenters. The van der Waals surface area contributed by atoms with Gasteiger partial charge in [0.25, 0.3) is 0 Å². The van der Waals surface area contributed by atoms with Gasteiger partial charge < -0.3 is 0 Å². The van der Waals surface area contributed by atoms with Crippen LogP contribution in [-0.2, 0) is 9.84 Å². The SMILES string of the molecule is Cc1ccc(-c2csc(/C=C/c3c(C)nn([C@@H]4CCS(=O)(=O)C4)c3C)n2)cc1. The van der Waals surface area contributed by atoms with E-state index in [0.717, 1.165) is 33.2 Å². The lowest BCUT2D eigenvalue weighted by Crippen LogP contribution is -2.13. The lowest BCUT2D eigenvalue weighted by molar-refractivity contribution is 0.486. The van der Waals surface area contributed by atoms with Crippen LogP contribution in [0.15, 0.2) is 29.6 Å². The molecule has 7 heteroatoms. The Morgan fingerprint density at radius 3 is 2.57 bits per heavy atom. The first-order chi connectivity index (χ1) is 13.3. The van der Waals surface area contributed by atoms with E-state index in [1.54, 1.807) is 11.3 Å². The van der Waals surface area contributed by atoms with Crippen LogP contribution in [0.3, 0.4) is 0 Å². The number of sulfone groups is 1. The number of aryl methyl sites for hydroxylation is 2. The van der Waals surface area contributed by atoms with E-state index in [1.165, 1.54) is 5.56 Å². The van der Waals surface area contributed by atoms with E-state index in [4.69, 9.17) is 4.98 Å². The number of benzene rings is 1. The van der Waals surface area contributed by atoms with Crippen molar-refractivity contribution in [3.63, 3.8) is 0 Å². The molecule has 0 radical (unpaired) electrons. The van der Waals surface area contributed by atoms with Crippen LogP contribution in [0.2, 0.25) is 0 Å². The standard InChI is InChI=1S/C21H23N3O2S2/c1-14-4-6-17(7-5-14)20-12-27-21(22-20)9-8-19-15(2)23-24(16(19)3)18-10-11-28(25,26)13-18/h4-9,12,18H,10-11,13H2,1-3H3/b9-8+/t18-/m1/s1. The largest absolute Gasteiger partial charge is 0.265 e. The van der Waals surface area contributed by atoms with Crippen molar-refractivity contribution in [1.29, 1.82) is 0 Å². The second-order valence-electron chi connectivity index (χ2n) is 7.36. The van der Waals surface area contributed by atoms with Crippen molar-refractivity contribution < 1.29 is 8.42 Å². The average molecular weight is 414 g/mol. The van der Waals surface area contributed by atoms with Gasteiger partial charge in [0.15, 0.2) is 9.84 Å². The fourth-order valence-electron chi connectivity index (χ4n) is 3.62. The smallest absolute Gasteiger partial charge is 0.152 e. The minimum absolute atomic E-state index is 0.0566. The minimum Gasteiger partial charge on any atom is -0.265 e. The monoisotopic (exact) mass is 413 g/mol. The van der Waals surface area contributed by atoms with E-state index in [0.29, 0.717) is 6.42 Å². The molecule has 4 rings (SSSR count). The summed E-state index contributed by atoms with van der Waals surface area (Å²) < 4.78 is 25.5. The Morgan fingerprint density at radius 2 is 1.89 bits per heavy atom. The maximum Gasteiger partial charge on any atom is 0.152 e. The van der Waals surface area contributed by atoms with Gasteiger partial charge in [-0.15, -0.1) is 11.3 Å². The normalized spacial score (nSPS) is 18.9. The molecule has 28 heavy (non-hydrogen) atoms. The Morgan fingerprint density at radius 1 is 1.14 bits per heavy atom. The summed E-state index contributed by atoms with van der Waals surface area (Å²) in [6.07, 6.45) is 4.68. The molecule has 3 aromatic rings. The zero-order valence-electron chi connectivity index (χ0n) is 16.2. The number of aromatic nitrogens is 3. The van der Waals surface area contributed by atoms with E-state index >= 15 is 0 Å². The molecule has 1 aliphatic heterocycles. The molecule has 1 aliphatic rings. The minimum atomic E-state index is -2.93. The highest BCUT2D eigenvalue weighted by Crippen LogP contribution is 2.28. The maximum atomic E-state index is 11.8. The van der Waals surface area contributed by atoms with Crippen LogP contribution < -0.4 is 0 Å². The molecule has 3 heterocycles. The average Bonchev–Trinajstić information content (AvgIpc) is 3.33. The predicted molar refractivity (Wildman–Crippen MR) is 115 cm³/mol. The fraction of sp³-hybridized carbons (Fsp3) is 0.333. The highest BCUT2D eigenvalue weighted by Gasteiger charge is 2.31. The second kappa shape index (κ2) is 7.29. The van der Waals surface area contributed by atoms with Gasteiger partial charge in [-0.05, 0) is 39.3 Å². The van der Waals surface area contributed by atoms with Crippen molar-refractivity contribution in [2.24, 2.45) is 0 Å². The van der Waals surface area contributed by atoms with Crippen molar-refractivity contribution in [2.75, 3.05) is 11.5 Å². The summed E-state index contributed by atoms with van der Waals surface area (Å²) in [4.78, 5) is 4.71. The summed E-state index contributed by atoms with van der Waals surface area (Å²) >= 11 is 1.61. The molecule has 1 aromatic carbocycles. The molecule has 0 N–H and O–H groups in total. The molecule has 1 saturated heterocycles. The third-order valence-corrected chi connectivity index (χ3v) is 7.76. The summed E-state index contributed by atoms with van der Waals surface area (Å²) in [6, 6.07) is 8.31. The highest BCUT2D eigenvalue weighted by atomic mass is 32.2. The van der Waals surface area contributed by atoms with Crippen LogP contribution in [-0.4, -0.2) is 34.7 Å². The van der Waals surface area contributed by atoms with Crippen molar-refractivity contribution in [3.05, 3.63) is 57.2 Å². The third kappa shape index (κ3) is 3.82. The van der Waals surface area contributed by atoms with E-state index in [9.17, 15) is 8.42 Å². The van der Waals surface area contributed by atoms with Gasteiger partial charge in [-0.3, -0.25) is 4.68 Å². The summed E-state index contributed by atoms with van der Waals surface area (Å²) in [5.74, 6) is 0.437. The summed E-state index contributed by atoms with van der Waals surface area (Å²) in [5.41, 5.74) is 6.28. The van der Waals surface area contributed by atoms with E-state index in [1.807, 2.05) is 30.7 Å². The fourth-order valence-corrected chi connectivity index (χ4v) is 6.03. The third-order valence-electron chi connectivity index (χ3n) is 5.20. The molecule has 0 saturated carbocycles. The number of thiazole rings is 1. The molecule has 0 bridgehead atoms. The van der Waals surface area contributed by atoms with Crippen LogP contribution in [0.4, 0.5) is 0 Å². The Kier molecular flexibility index (Phi) is 4.97. The van der Waals surface area contributed by atoms with Gasteiger partial charge in [0, 0.05) is 22.2 Å². The van der Waals surface area contributed by atoms with Crippen LogP contribution in [0.25, 0.3) is 23.4 Å². The first kappa shape index (κ1) is 19.1. The number of hydrogen-bond donors (Lipinski definition) is 0. The number of hydrogen-bond acceptors (Lipinski definition) is 5. The lowest BCUT2D eigenvalue weighted by atomic mass is 10.1. The van der Waals surface area contributed by atoms with Crippen LogP contribution in [0.1, 0.15) is 40.0 Å². The topological polar surface area (TPSA) is 64.8 Å². The molecule has 1 fully saturated rings. The van der Waals surface area contributed by atoms with E-state index in [-0.39, 0.29) is 17.5 Å². The molecule has 0 amide bonds. The van der Waals surface area contributed by atoms with Gasteiger partial charge >= 0.3 is 0 Å². The predicted octanol–water partition coefficient (Wildman–Crippen LogP) is 4.46. The van der Waals surface area contributed by atoms with Crippen molar-refractivity contribution in [3.8, 4) is 11.3 Å². The number of rotatable bonds is 4. The Bertz CT molecular complexity index is 1140. The van der Waals surface area contributed by atoms with Crippen molar-refractivity contribution in [2.45, 2.75) is 33.2 Å². The summed E-state index contributed by atoms with van der Waals surface area (Å²) in [6.45, 7) is 6.04. The van der Waals surface area contributed by atoms with Gasteiger partial charge in [-0.2, -0.15) is 5.10 Å². The molecule has 1 atom stereocenters. The summed E-state index contributed by atoms with van der Waals surface area (Å²) in [7, 11) is -2.93. The molecule has 0 aliphatic carbocycles. The van der Waals surface area contributed by atoms with Crippen LogP contribution in [0.5, 0.6) is 0 Å². The van der Waals surface area contributed by atoms with Crippen molar-refractivity contribution in [1.82, 2.24) is 14.8 Å². The first-order valence-electron chi connectivity index (χ1n) is 9.29. The quantitative estimate of drug-likeness (QED) is 0.633. The van der Waals surface area contributed by atoms with Gasteiger partial charge in [0.1, 0.15) is 5.01 Å².